The van der Waals surface area contributed by atoms with E-state index in [1.807, 2.05) is 24.3 Å². The summed E-state index contributed by atoms with van der Waals surface area (Å²) in [7, 11) is 3.00. The van der Waals surface area contributed by atoms with Crippen molar-refractivity contribution >= 4 is 12.0 Å². The molecule has 1 unspecified atom stereocenters. The van der Waals surface area contributed by atoms with Crippen LogP contribution in [0.25, 0.3) is 0 Å². The predicted molar refractivity (Wildman–Crippen MR) is 86.4 cm³/mol. The fraction of sp³-hybridized carbons (Fsp3) is 0.529. The van der Waals surface area contributed by atoms with Crippen LogP contribution in [0.1, 0.15) is 18.4 Å². The summed E-state index contributed by atoms with van der Waals surface area (Å²) < 4.78 is 9.91. The number of hydrogen-bond donors (Lipinski definition) is 1. The SMILES string of the molecule is COC(=O)N1CCCC(C(=O)NCCc2cccc(OC)c2)C1. The fourth-order valence-corrected chi connectivity index (χ4v) is 2.79. The molecule has 1 N–H and O–H groups in total. The van der Waals surface area contributed by atoms with Gasteiger partial charge in [-0.2, -0.15) is 0 Å². The highest BCUT2D eigenvalue weighted by Gasteiger charge is 2.28. The molecule has 23 heavy (non-hydrogen) atoms. The van der Waals surface area contributed by atoms with E-state index in [0.717, 1.165) is 30.6 Å². The van der Waals surface area contributed by atoms with Gasteiger partial charge in [0.2, 0.25) is 5.91 Å². The topological polar surface area (TPSA) is 67.9 Å². The largest absolute Gasteiger partial charge is 0.497 e. The molecule has 1 aliphatic heterocycles. The van der Waals surface area contributed by atoms with Gasteiger partial charge in [-0.3, -0.25) is 4.79 Å². The van der Waals surface area contributed by atoms with E-state index in [2.05, 4.69) is 5.32 Å². The Labute approximate surface area is 136 Å². The molecule has 0 spiro atoms. The van der Waals surface area contributed by atoms with Crippen LogP contribution in [-0.2, 0) is 16.0 Å². The highest BCUT2D eigenvalue weighted by molar-refractivity contribution is 5.80. The third kappa shape index (κ3) is 4.87. The minimum Gasteiger partial charge on any atom is -0.497 e. The van der Waals surface area contributed by atoms with Gasteiger partial charge in [0.25, 0.3) is 0 Å². The van der Waals surface area contributed by atoms with Crippen LogP contribution in [0.15, 0.2) is 24.3 Å². The van der Waals surface area contributed by atoms with Crippen LogP contribution in [0.4, 0.5) is 4.79 Å². The first-order valence-electron chi connectivity index (χ1n) is 7.87. The number of ether oxygens (including phenoxy) is 2. The van der Waals surface area contributed by atoms with Crippen LogP contribution in [0, 0.1) is 5.92 Å². The number of nitrogens with zero attached hydrogens (tertiary/aromatic N) is 1. The molecule has 126 valence electrons. The Morgan fingerprint density at radius 2 is 2.17 bits per heavy atom. The molecule has 6 nitrogen and oxygen atoms in total. The van der Waals surface area contributed by atoms with Crippen molar-refractivity contribution in [1.82, 2.24) is 10.2 Å². The first-order valence-corrected chi connectivity index (χ1v) is 7.87. The predicted octanol–water partition coefficient (Wildman–Crippen LogP) is 1.83. The van der Waals surface area contributed by atoms with Crippen LogP contribution in [-0.4, -0.2) is 50.8 Å². The number of rotatable bonds is 5. The van der Waals surface area contributed by atoms with Gasteiger partial charge < -0.3 is 19.7 Å². The highest BCUT2D eigenvalue weighted by Crippen LogP contribution is 2.17. The van der Waals surface area contributed by atoms with Crippen molar-refractivity contribution in [3.05, 3.63) is 29.8 Å². The summed E-state index contributed by atoms with van der Waals surface area (Å²) in [6, 6.07) is 7.80. The second kappa shape index (κ2) is 8.41. The molecule has 6 heteroatoms. The number of benzene rings is 1. The number of likely N-dealkylation sites (tertiary alicyclic amines) is 1. The maximum Gasteiger partial charge on any atom is 0.409 e. The van der Waals surface area contributed by atoms with Gasteiger partial charge in [0.1, 0.15) is 5.75 Å². The second-order valence-electron chi connectivity index (χ2n) is 5.65. The quantitative estimate of drug-likeness (QED) is 0.899. The van der Waals surface area contributed by atoms with Gasteiger partial charge in [-0.25, -0.2) is 4.79 Å². The number of nitrogens with one attached hydrogen (secondary N) is 1. The van der Waals surface area contributed by atoms with E-state index in [9.17, 15) is 9.59 Å². The Morgan fingerprint density at radius 3 is 2.91 bits per heavy atom. The molecule has 0 radical (unpaired) electrons. The van der Waals surface area contributed by atoms with Gasteiger partial charge in [-0.05, 0) is 37.0 Å². The van der Waals surface area contributed by atoms with Crippen molar-refractivity contribution in [2.45, 2.75) is 19.3 Å². The molecule has 2 amide bonds. The monoisotopic (exact) mass is 320 g/mol. The molecule has 1 aliphatic rings. The minimum absolute atomic E-state index is 0.00139. The number of amides is 2. The lowest BCUT2D eigenvalue weighted by atomic mass is 9.97. The molecule has 0 aromatic heterocycles. The summed E-state index contributed by atoms with van der Waals surface area (Å²) in [6.07, 6.45) is 2.01. The lowest BCUT2D eigenvalue weighted by Crippen LogP contribution is -2.45. The summed E-state index contributed by atoms with van der Waals surface area (Å²) >= 11 is 0. The third-order valence-corrected chi connectivity index (χ3v) is 4.07. The summed E-state index contributed by atoms with van der Waals surface area (Å²) in [5.41, 5.74) is 1.12. The third-order valence-electron chi connectivity index (χ3n) is 4.07. The number of carbonyl (C=O) groups excluding carboxylic acids is 2. The van der Waals surface area contributed by atoms with E-state index in [1.165, 1.54) is 7.11 Å². The van der Waals surface area contributed by atoms with Crippen LogP contribution in [0.3, 0.4) is 0 Å². The normalized spacial score (nSPS) is 17.5. The van der Waals surface area contributed by atoms with Gasteiger partial charge in [0, 0.05) is 19.6 Å². The van der Waals surface area contributed by atoms with Crippen LogP contribution < -0.4 is 10.1 Å². The highest BCUT2D eigenvalue weighted by atomic mass is 16.5. The van der Waals surface area contributed by atoms with E-state index in [-0.39, 0.29) is 17.9 Å². The van der Waals surface area contributed by atoms with E-state index in [1.54, 1.807) is 12.0 Å². The molecule has 1 atom stereocenters. The molecule has 0 aliphatic carbocycles. The van der Waals surface area contributed by atoms with Crippen LogP contribution >= 0.6 is 0 Å². The van der Waals surface area contributed by atoms with Gasteiger partial charge in [0.05, 0.1) is 20.1 Å². The number of methoxy groups -OCH3 is 2. The van der Waals surface area contributed by atoms with Crippen LogP contribution in [0.5, 0.6) is 5.75 Å². The first-order chi connectivity index (χ1) is 11.1. The molecule has 2 rings (SSSR count). The van der Waals surface area contributed by atoms with Crippen molar-refractivity contribution in [3.8, 4) is 5.75 Å². The number of hydrogen-bond acceptors (Lipinski definition) is 4. The Kier molecular flexibility index (Phi) is 6.26. The van der Waals surface area contributed by atoms with Crippen molar-refractivity contribution < 1.29 is 19.1 Å². The van der Waals surface area contributed by atoms with Gasteiger partial charge >= 0.3 is 6.09 Å². The first kappa shape index (κ1) is 17.1. The Hall–Kier alpha value is -2.24. The number of carbonyl (C=O) groups is 2. The maximum atomic E-state index is 12.3. The summed E-state index contributed by atoms with van der Waals surface area (Å²) in [6.45, 7) is 1.65. The molecule has 1 aromatic carbocycles. The average Bonchev–Trinajstić information content (AvgIpc) is 2.61. The Morgan fingerprint density at radius 1 is 1.35 bits per heavy atom. The zero-order valence-corrected chi connectivity index (χ0v) is 13.7. The molecular formula is C17H24N2O4. The van der Waals surface area contributed by atoms with Crippen molar-refractivity contribution in [2.24, 2.45) is 5.92 Å². The van der Waals surface area contributed by atoms with Crippen LogP contribution in [0.2, 0.25) is 0 Å². The average molecular weight is 320 g/mol. The summed E-state index contributed by atoms with van der Waals surface area (Å²) in [5.74, 6) is 0.657. The van der Waals surface area contributed by atoms with E-state index < -0.39 is 0 Å². The van der Waals surface area contributed by atoms with Gasteiger partial charge in [0.15, 0.2) is 0 Å². The maximum absolute atomic E-state index is 12.3. The Balaban J connectivity index is 1.79. The fourth-order valence-electron chi connectivity index (χ4n) is 2.79. The van der Waals surface area contributed by atoms with Crippen molar-refractivity contribution in [1.29, 1.82) is 0 Å². The standard InChI is InChI=1S/C17H24N2O4/c1-22-15-7-3-5-13(11-15)8-9-18-16(20)14-6-4-10-19(12-14)17(21)23-2/h3,5,7,11,14H,4,6,8-10,12H2,1-2H3,(H,18,20). The van der Waals surface area contributed by atoms with Gasteiger partial charge in [-0.1, -0.05) is 12.1 Å². The smallest absolute Gasteiger partial charge is 0.409 e. The summed E-state index contributed by atoms with van der Waals surface area (Å²) in [5, 5.41) is 2.96. The van der Waals surface area contributed by atoms with E-state index in [4.69, 9.17) is 9.47 Å². The van der Waals surface area contributed by atoms with E-state index in [0.29, 0.717) is 19.6 Å². The Bertz CT molecular complexity index is 547. The summed E-state index contributed by atoms with van der Waals surface area (Å²) in [4.78, 5) is 25.4. The molecule has 0 saturated carbocycles. The number of piperidine rings is 1. The van der Waals surface area contributed by atoms with Gasteiger partial charge in [-0.15, -0.1) is 0 Å². The zero-order valence-electron chi connectivity index (χ0n) is 13.7. The van der Waals surface area contributed by atoms with Crippen molar-refractivity contribution in [3.63, 3.8) is 0 Å². The molecule has 0 bridgehead atoms. The molecular weight excluding hydrogens is 296 g/mol. The molecule has 1 saturated heterocycles. The molecule has 1 aromatic rings. The zero-order chi connectivity index (χ0) is 16.7. The molecule has 1 fully saturated rings. The lowest BCUT2D eigenvalue weighted by molar-refractivity contribution is -0.126. The van der Waals surface area contributed by atoms with E-state index >= 15 is 0 Å². The van der Waals surface area contributed by atoms with Crippen molar-refractivity contribution in [2.75, 3.05) is 33.9 Å². The molecule has 1 heterocycles. The lowest BCUT2D eigenvalue weighted by Gasteiger charge is -2.30. The second-order valence-corrected chi connectivity index (χ2v) is 5.65. The minimum atomic E-state index is -0.362.